The number of carbonyl (C=O) groups excluding carboxylic acids is 1. The van der Waals surface area contributed by atoms with Crippen molar-refractivity contribution in [1.29, 1.82) is 0 Å². The van der Waals surface area contributed by atoms with Gasteiger partial charge in [-0.25, -0.2) is 0 Å². The van der Waals surface area contributed by atoms with Crippen LogP contribution in [0.15, 0.2) is 109 Å². The van der Waals surface area contributed by atoms with Gasteiger partial charge in [0.2, 0.25) is 0 Å². The van der Waals surface area contributed by atoms with Crippen molar-refractivity contribution in [1.82, 2.24) is 3.80 Å². The summed E-state index contributed by atoms with van der Waals surface area (Å²) in [5.74, 6) is 2.62. The first kappa shape index (κ1) is 29.6. The molecule has 4 aromatic rings. The van der Waals surface area contributed by atoms with E-state index >= 15 is 0 Å². The number of rotatable bonds is 5. The molecule has 1 amide bonds. The van der Waals surface area contributed by atoms with Crippen LogP contribution in [-0.2, 0) is 22.5 Å². The van der Waals surface area contributed by atoms with Crippen molar-refractivity contribution in [2.75, 3.05) is 0 Å². The van der Waals surface area contributed by atoms with Crippen LogP contribution in [0.1, 0.15) is 65.0 Å². The maximum Gasteiger partial charge on any atom is -1.00 e. The van der Waals surface area contributed by atoms with Crippen LogP contribution in [0.2, 0.25) is 0 Å². The molecular weight excluding hydrogens is 593 g/mol. The minimum absolute atomic E-state index is 0. The summed E-state index contributed by atoms with van der Waals surface area (Å²) in [6.07, 6.45) is 7.35. The molecule has 4 bridgehead atoms. The van der Waals surface area contributed by atoms with E-state index in [0.717, 1.165) is 37.0 Å². The number of fused-ring (bicyclic) bond motifs is 3. The zero-order chi connectivity index (χ0) is 26.7. The molecule has 2 nitrogen and oxygen atoms in total. The number of carbonyl (C=O) groups is 1. The van der Waals surface area contributed by atoms with E-state index in [9.17, 15) is 4.79 Å². The van der Waals surface area contributed by atoms with Crippen LogP contribution in [0.3, 0.4) is 0 Å². The third-order valence-electron chi connectivity index (χ3n) is 10.3. The minimum Gasteiger partial charge on any atom is -1.00 e. The summed E-state index contributed by atoms with van der Waals surface area (Å²) in [6.45, 7) is 0. The molecule has 0 atom stereocenters. The number of benzene rings is 4. The summed E-state index contributed by atoms with van der Waals surface area (Å²) < 4.78 is 5.57. The van der Waals surface area contributed by atoms with Crippen molar-refractivity contribution in [2.24, 2.45) is 23.2 Å². The van der Waals surface area contributed by atoms with E-state index in [2.05, 4.69) is 113 Å². The van der Waals surface area contributed by atoms with Crippen LogP contribution in [-0.4, -0.2) is 9.72 Å². The number of nitrogens with one attached hydrogen (secondary N) is 1. The van der Waals surface area contributed by atoms with Crippen LogP contribution in [0, 0.1) is 23.2 Å². The Morgan fingerprint density at radius 1 is 0.595 bits per heavy atom. The summed E-state index contributed by atoms with van der Waals surface area (Å²) in [7, 11) is 0. The molecule has 5 aliphatic carbocycles. The van der Waals surface area contributed by atoms with Gasteiger partial charge in [0, 0.05) is 0 Å². The Balaban J connectivity index is 0.00000158. The molecule has 5 heteroatoms. The molecule has 0 heterocycles. The first-order chi connectivity index (χ1) is 19.7. The molecule has 0 aromatic heterocycles. The maximum absolute atomic E-state index is 14.8. The van der Waals surface area contributed by atoms with E-state index in [1.165, 1.54) is 56.5 Å². The van der Waals surface area contributed by atoms with Crippen molar-refractivity contribution in [3.63, 3.8) is 0 Å². The smallest absolute Gasteiger partial charge is 1.00 e. The van der Waals surface area contributed by atoms with Crippen LogP contribution >= 0.6 is 0 Å². The largest absolute Gasteiger partial charge is 1.00 e. The first-order valence-corrected chi connectivity index (χ1v) is 17.5. The molecule has 4 aromatic carbocycles. The Hall–Kier alpha value is -2.49. The summed E-state index contributed by atoms with van der Waals surface area (Å²) in [4.78, 5) is 14.8. The molecule has 0 aliphatic heterocycles. The predicted octanol–water partition coefficient (Wildman–Crippen LogP) is 1.90. The van der Waals surface area contributed by atoms with Gasteiger partial charge < -0.3 is 24.8 Å². The first-order valence-electron chi connectivity index (χ1n) is 15.0. The monoisotopic (exact) mass is 627 g/mol. The molecular formula is C37H35Cl2NOTi. The van der Waals surface area contributed by atoms with Crippen molar-refractivity contribution in [2.45, 2.75) is 42.7 Å². The molecule has 0 radical (unpaired) electrons. The van der Waals surface area contributed by atoms with Gasteiger partial charge in [-0.15, -0.1) is 0 Å². The summed E-state index contributed by atoms with van der Waals surface area (Å²) in [5.41, 5.74) is 7.76. The van der Waals surface area contributed by atoms with E-state index in [0.29, 0.717) is 5.91 Å². The zero-order valence-corrected chi connectivity index (χ0v) is 26.7. The van der Waals surface area contributed by atoms with Crippen molar-refractivity contribution < 1.29 is 47.3 Å². The number of amides is 1. The summed E-state index contributed by atoms with van der Waals surface area (Å²) in [6, 6.07) is 39.6. The Labute approximate surface area is 267 Å². The maximum atomic E-state index is 14.8. The Morgan fingerprint density at radius 3 is 1.45 bits per heavy atom. The SMILES string of the molecule is O=C([NH][Ti+2](=[C](c1ccccc1)c1ccccc1)[CH]1c2ccccc2-c2ccccc21)C12CC3CC(CC(C3)C1)C2.[Cl-].[Cl-]. The topological polar surface area (TPSA) is 29.1 Å². The predicted molar refractivity (Wildman–Crippen MR) is 159 cm³/mol. The second-order valence-corrected chi connectivity index (χ2v) is 16.1. The van der Waals surface area contributed by atoms with Gasteiger partial charge in [0.1, 0.15) is 0 Å². The standard InChI is InChI=1S/C13H9.C13H10.C11H17NO.2ClH.Ti/c1-3-7-12-10(5-1)9-11-6-2-4-8-13(11)12;1-3-7-12(8-4-1)11-13-9-5-2-6-10-13;12-10(13)11-4-7-1-8(5-11)3-9(2-7)6-11;;;/h1-9H;1-10H;7-9H,1-6H2,(H2,12,13);2*1H;/q;;;;;+3/p-3. The summed E-state index contributed by atoms with van der Waals surface area (Å²) in [5, 5.41) is 0. The molecule has 0 spiro atoms. The summed E-state index contributed by atoms with van der Waals surface area (Å²) >= 11 is -2.60. The normalized spacial score (nSPS) is 24.3. The van der Waals surface area contributed by atoms with E-state index in [1.54, 1.807) is 0 Å². The Kier molecular flexibility index (Phi) is 8.37. The molecule has 0 unspecified atom stereocenters. The van der Waals surface area contributed by atoms with Crippen molar-refractivity contribution in [3.8, 4) is 11.1 Å². The minimum atomic E-state index is -2.60. The van der Waals surface area contributed by atoms with Gasteiger partial charge in [-0.2, -0.15) is 0 Å². The van der Waals surface area contributed by atoms with Gasteiger partial charge in [0.05, 0.1) is 0 Å². The van der Waals surface area contributed by atoms with Gasteiger partial charge in [-0.1, -0.05) is 0 Å². The fraction of sp³-hybridized carbons (Fsp3) is 0.297. The van der Waals surface area contributed by atoms with E-state index in [-0.39, 0.29) is 34.5 Å². The molecule has 212 valence electrons. The van der Waals surface area contributed by atoms with E-state index in [1.807, 2.05) is 0 Å². The number of hydrogen-bond acceptors (Lipinski definition) is 1. The fourth-order valence-corrected chi connectivity index (χ4v) is 14.0. The number of hydrogen-bond donors (Lipinski definition) is 1. The Bertz CT molecular complexity index is 1510. The van der Waals surface area contributed by atoms with Crippen LogP contribution in [0.25, 0.3) is 11.1 Å². The van der Waals surface area contributed by atoms with Crippen LogP contribution in [0.5, 0.6) is 0 Å². The average molecular weight is 628 g/mol. The van der Waals surface area contributed by atoms with Crippen LogP contribution in [0.4, 0.5) is 0 Å². The molecule has 0 saturated heterocycles. The fourth-order valence-electron chi connectivity index (χ4n) is 9.08. The van der Waals surface area contributed by atoms with E-state index in [4.69, 9.17) is 0 Å². The van der Waals surface area contributed by atoms with Crippen molar-refractivity contribution in [3.05, 3.63) is 131 Å². The molecule has 42 heavy (non-hydrogen) atoms. The van der Waals surface area contributed by atoms with Gasteiger partial charge in [-0.05, 0) is 0 Å². The van der Waals surface area contributed by atoms with Gasteiger partial charge in [0.15, 0.2) is 0 Å². The van der Waals surface area contributed by atoms with E-state index < -0.39 is 17.7 Å². The quantitative estimate of drug-likeness (QED) is 0.337. The van der Waals surface area contributed by atoms with Crippen molar-refractivity contribution >= 4 is 9.72 Å². The zero-order valence-electron chi connectivity index (χ0n) is 23.6. The second kappa shape index (κ2) is 11.9. The molecule has 9 rings (SSSR count). The van der Waals surface area contributed by atoms with Gasteiger partial charge >= 0.3 is 244 Å². The average Bonchev–Trinajstić information content (AvgIpc) is 3.31. The number of halogens is 2. The third kappa shape index (κ3) is 4.95. The van der Waals surface area contributed by atoms with Gasteiger partial charge in [-0.3, -0.25) is 0 Å². The van der Waals surface area contributed by atoms with Gasteiger partial charge in [0.25, 0.3) is 0 Å². The Morgan fingerprint density at radius 2 is 1.00 bits per heavy atom. The van der Waals surface area contributed by atoms with Crippen LogP contribution < -0.4 is 28.6 Å². The second-order valence-electron chi connectivity index (χ2n) is 12.8. The molecule has 1 N–H and O–H groups in total. The molecule has 5 aliphatic rings. The third-order valence-corrected chi connectivity index (χ3v) is 14.7. The molecule has 4 saturated carbocycles. The molecule has 4 fully saturated rings.